The van der Waals surface area contributed by atoms with Crippen molar-refractivity contribution in [2.24, 2.45) is 5.92 Å². The number of benzene rings is 1. The summed E-state index contributed by atoms with van der Waals surface area (Å²) >= 11 is 0. The first kappa shape index (κ1) is 20.7. The molecule has 2 saturated heterocycles. The Morgan fingerprint density at radius 1 is 1.03 bits per heavy atom. The Morgan fingerprint density at radius 3 is 2.47 bits per heavy atom. The highest BCUT2D eigenvalue weighted by Crippen LogP contribution is 2.23. The molecule has 0 bridgehead atoms. The zero-order valence-electron chi connectivity index (χ0n) is 17.1. The second kappa shape index (κ2) is 8.69. The van der Waals surface area contributed by atoms with Crippen LogP contribution in [0.25, 0.3) is 11.4 Å². The van der Waals surface area contributed by atoms with Crippen LogP contribution >= 0.6 is 0 Å². The molecular weight excluding hydrogens is 402 g/mol. The number of piperazine rings is 1. The number of rotatable bonds is 4. The number of amides is 1. The van der Waals surface area contributed by atoms with Crippen molar-refractivity contribution in [3.63, 3.8) is 0 Å². The van der Waals surface area contributed by atoms with Crippen LogP contribution in [0.2, 0.25) is 0 Å². The minimum absolute atomic E-state index is 0.0654. The van der Waals surface area contributed by atoms with Crippen molar-refractivity contribution in [1.29, 1.82) is 0 Å². The van der Waals surface area contributed by atoms with Crippen LogP contribution in [0.1, 0.15) is 12.8 Å². The van der Waals surface area contributed by atoms with Gasteiger partial charge in [-0.25, -0.2) is 22.7 Å². The summed E-state index contributed by atoms with van der Waals surface area (Å²) in [6.45, 7) is 3.41. The Morgan fingerprint density at radius 2 is 1.77 bits per heavy atom. The van der Waals surface area contributed by atoms with Crippen molar-refractivity contribution in [2.45, 2.75) is 12.8 Å². The molecule has 0 spiro atoms. The number of carbonyl (C=O) groups excluding carboxylic acids is 1. The molecule has 0 N–H and O–H groups in total. The highest BCUT2D eigenvalue weighted by Gasteiger charge is 2.33. The van der Waals surface area contributed by atoms with E-state index in [1.165, 1.54) is 10.6 Å². The summed E-state index contributed by atoms with van der Waals surface area (Å²) in [6.07, 6.45) is 4.46. The lowest BCUT2D eigenvalue weighted by atomic mass is 9.98. The number of nitrogens with zero attached hydrogens (tertiary/aromatic N) is 5. The number of aromatic nitrogens is 2. The van der Waals surface area contributed by atoms with Crippen molar-refractivity contribution in [3.05, 3.63) is 42.6 Å². The molecule has 0 saturated carbocycles. The standard InChI is InChI=1S/C21H27N5O3S/c1-30(28,29)26-11-5-8-18(16-26)21(27)25-14-12-24(13-15-25)19-9-10-22-20(23-19)17-6-3-2-4-7-17/h2-4,6-7,9-10,18H,5,8,11-16H2,1H3. The maximum absolute atomic E-state index is 13.0. The van der Waals surface area contributed by atoms with Crippen molar-refractivity contribution < 1.29 is 13.2 Å². The summed E-state index contributed by atoms with van der Waals surface area (Å²) in [5.41, 5.74) is 0.973. The molecule has 1 aromatic carbocycles. The Bertz CT molecular complexity index is 991. The molecule has 160 valence electrons. The van der Waals surface area contributed by atoms with Gasteiger partial charge in [0.15, 0.2) is 5.82 Å². The zero-order chi connectivity index (χ0) is 21.1. The van der Waals surface area contributed by atoms with E-state index in [-0.39, 0.29) is 11.8 Å². The number of hydrogen-bond acceptors (Lipinski definition) is 6. The lowest BCUT2D eigenvalue weighted by Crippen LogP contribution is -2.53. The van der Waals surface area contributed by atoms with E-state index < -0.39 is 10.0 Å². The molecule has 1 aromatic heterocycles. The molecule has 0 aliphatic carbocycles. The molecular formula is C21H27N5O3S. The van der Waals surface area contributed by atoms with Gasteiger partial charge in [-0.15, -0.1) is 0 Å². The summed E-state index contributed by atoms with van der Waals surface area (Å²) in [5.74, 6) is 1.37. The lowest BCUT2D eigenvalue weighted by Gasteiger charge is -2.39. The summed E-state index contributed by atoms with van der Waals surface area (Å²) in [4.78, 5) is 26.1. The van der Waals surface area contributed by atoms with Crippen LogP contribution in [0.15, 0.2) is 42.6 Å². The fourth-order valence-electron chi connectivity index (χ4n) is 4.11. The maximum atomic E-state index is 13.0. The quantitative estimate of drug-likeness (QED) is 0.731. The van der Waals surface area contributed by atoms with E-state index in [1.54, 1.807) is 6.20 Å². The van der Waals surface area contributed by atoms with Crippen molar-refractivity contribution in [2.75, 3.05) is 50.4 Å². The Hall–Kier alpha value is -2.52. The van der Waals surface area contributed by atoms with Crippen LogP contribution in [0.4, 0.5) is 5.82 Å². The van der Waals surface area contributed by atoms with Gasteiger partial charge in [-0.05, 0) is 18.9 Å². The third kappa shape index (κ3) is 4.62. The van der Waals surface area contributed by atoms with E-state index in [4.69, 9.17) is 4.98 Å². The van der Waals surface area contributed by atoms with Gasteiger partial charge >= 0.3 is 0 Å². The van der Waals surface area contributed by atoms with Gasteiger partial charge in [0.05, 0.1) is 12.2 Å². The summed E-state index contributed by atoms with van der Waals surface area (Å²) in [6, 6.07) is 11.8. The molecule has 30 heavy (non-hydrogen) atoms. The van der Waals surface area contributed by atoms with E-state index in [2.05, 4.69) is 9.88 Å². The van der Waals surface area contributed by atoms with Crippen LogP contribution in [-0.2, 0) is 14.8 Å². The minimum Gasteiger partial charge on any atom is -0.353 e. The highest BCUT2D eigenvalue weighted by atomic mass is 32.2. The second-order valence-corrected chi connectivity index (χ2v) is 9.86. The number of sulfonamides is 1. The number of hydrogen-bond donors (Lipinski definition) is 0. The molecule has 0 radical (unpaired) electrons. The van der Waals surface area contributed by atoms with Gasteiger partial charge < -0.3 is 9.80 Å². The number of piperidine rings is 1. The minimum atomic E-state index is -3.25. The molecule has 9 heteroatoms. The van der Waals surface area contributed by atoms with Gasteiger partial charge in [0, 0.05) is 51.0 Å². The molecule has 2 aliphatic heterocycles. The molecule has 1 amide bonds. The van der Waals surface area contributed by atoms with Gasteiger partial charge in [0.25, 0.3) is 0 Å². The fourth-order valence-corrected chi connectivity index (χ4v) is 5.02. The molecule has 1 unspecified atom stereocenters. The highest BCUT2D eigenvalue weighted by molar-refractivity contribution is 7.88. The third-order valence-electron chi connectivity index (χ3n) is 5.79. The predicted octanol–water partition coefficient (Wildman–Crippen LogP) is 1.46. The molecule has 2 aromatic rings. The van der Waals surface area contributed by atoms with Crippen LogP contribution in [0.5, 0.6) is 0 Å². The molecule has 1 atom stereocenters. The third-order valence-corrected chi connectivity index (χ3v) is 7.06. The maximum Gasteiger partial charge on any atom is 0.227 e. The molecule has 3 heterocycles. The first-order valence-electron chi connectivity index (χ1n) is 10.3. The Kier molecular flexibility index (Phi) is 6.01. The topological polar surface area (TPSA) is 86.7 Å². The van der Waals surface area contributed by atoms with E-state index in [1.807, 2.05) is 41.3 Å². The summed E-state index contributed by atoms with van der Waals surface area (Å²) in [5, 5.41) is 0. The normalized spacial score (nSPS) is 20.9. The average Bonchev–Trinajstić information content (AvgIpc) is 2.79. The Balaban J connectivity index is 1.38. The summed E-state index contributed by atoms with van der Waals surface area (Å²) < 4.78 is 25.1. The first-order valence-corrected chi connectivity index (χ1v) is 12.1. The van der Waals surface area contributed by atoms with Crippen molar-refractivity contribution in [3.8, 4) is 11.4 Å². The SMILES string of the molecule is CS(=O)(=O)N1CCCC(C(=O)N2CCN(c3ccnc(-c4ccccc4)n3)CC2)C1. The van der Waals surface area contributed by atoms with Gasteiger partial charge in [0.1, 0.15) is 5.82 Å². The van der Waals surface area contributed by atoms with Crippen molar-refractivity contribution >= 4 is 21.7 Å². The molecule has 2 aliphatic rings. The van der Waals surface area contributed by atoms with Crippen LogP contribution < -0.4 is 4.90 Å². The van der Waals surface area contributed by atoms with E-state index in [9.17, 15) is 13.2 Å². The molecule has 2 fully saturated rings. The van der Waals surface area contributed by atoms with Gasteiger partial charge in [-0.2, -0.15) is 0 Å². The lowest BCUT2D eigenvalue weighted by molar-refractivity contribution is -0.137. The average molecular weight is 430 g/mol. The summed E-state index contributed by atoms with van der Waals surface area (Å²) in [7, 11) is -3.25. The van der Waals surface area contributed by atoms with Crippen molar-refractivity contribution in [1.82, 2.24) is 19.2 Å². The van der Waals surface area contributed by atoms with Gasteiger partial charge in [-0.1, -0.05) is 30.3 Å². The largest absolute Gasteiger partial charge is 0.353 e. The van der Waals surface area contributed by atoms with Gasteiger partial charge in [0.2, 0.25) is 15.9 Å². The second-order valence-electron chi connectivity index (χ2n) is 7.88. The van der Waals surface area contributed by atoms with E-state index in [0.717, 1.165) is 24.2 Å². The fraction of sp³-hybridized carbons (Fsp3) is 0.476. The van der Waals surface area contributed by atoms with Crippen LogP contribution in [0, 0.1) is 5.92 Å². The van der Waals surface area contributed by atoms with E-state index >= 15 is 0 Å². The predicted molar refractivity (Wildman–Crippen MR) is 115 cm³/mol. The first-order chi connectivity index (χ1) is 14.4. The van der Waals surface area contributed by atoms with Crippen LogP contribution in [0.3, 0.4) is 0 Å². The van der Waals surface area contributed by atoms with Gasteiger partial charge in [-0.3, -0.25) is 4.79 Å². The molecule has 4 rings (SSSR count). The molecule has 8 nitrogen and oxygen atoms in total. The monoisotopic (exact) mass is 429 g/mol. The number of carbonyl (C=O) groups is 1. The Labute approximate surface area is 177 Å². The van der Waals surface area contributed by atoms with Crippen LogP contribution in [-0.4, -0.2) is 79.0 Å². The van der Waals surface area contributed by atoms with E-state index in [0.29, 0.717) is 45.1 Å². The zero-order valence-corrected chi connectivity index (χ0v) is 18.0. The number of anilines is 1. The smallest absolute Gasteiger partial charge is 0.227 e.